The summed E-state index contributed by atoms with van der Waals surface area (Å²) >= 11 is 0. The lowest BCUT2D eigenvalue weighted by Gasteiger charge is -2.08. The molecule has 20 heavy (non-hydrogen) atoms. The molecule has 0 amide bonds. The van der Waals surface area contributed by atoms with Crippen molar-refractivity contribution in [3.05, 3.63) is 54.1 Å². The van der Waals surface area contributed by atoms with E-state index in [0.29, 0.717) is 6.54 Å². The number of nitrogens with one attached hydrogen (secondary N) is 1. The molecule has 0 spiro atoms. The molecule has 0 radical (unpaired) electrons. The molecular weight excluding hydrogens is 248 g/mol. The van der Waals surface area contributed by atoms with E-state index < -0.39 is 0 Å². The third-order valence-electron chi connectivity index (χ3n) is 3.45. The van der Waals surface area contributed by atoms with Crippen LogP contribution in [0.5, 0.6) is 0 Å². The second-order valence-electron chi connectivity index (χ2n) is 4.86. The molecule has 0 aliphatic carbocycles. The molecule has 0 saturated carbocycles. The van der Waals surface area contributed by atoms with Crippen LogP contribution in [0.1, 0.15) is 18.3 Å². The number of hydrogen-bond acceptors (Lipinski definition) is 3. The number of hydrogen-bond donors (Lipinski definition) is 1. The monoisotopic (exact) mass is 266 g/mol. The van der Waals surface area contributed by atoms with Gasteiger partial charge in [0.1, 0.15) is 11.3 Å². The van der Waals surface area contributed by atoms with E-state index in [-0.39, 0.29) is 0 Å². The summed E-state index contributed by atoms with van der Waals surface area (Å²) in [6.07, 6.45) is 3.63. The molecule has 0 unspecified atom stereocenters. The lowest BCUT2D eigenvalue weighted by molar-refractivity contribution is 0.729. The van der Waals surface area contributed by atoms with Gasteiger partial charge in [-0.15, -0.1) is 0 Å². The largest absolute Gasteiger partial charge is 0.378 e. The number of fused-ring (bicyclic) bond motifs is 1. The van der Waals surface area contributed by atoms with Gasteiger partial charge in [0.05, 0.1) is 18.3 Å². The van der Waals surface area contributed by atoms with E-state index in [2.05, 4.69) is 58.0 Å². The molecule has 0 atom stereocenters. The molecule has 2 aromatic heterocycles. The van der Waals surface area contributed by atoms with E-state index in [4.69, 9.17) is 0 Å². The van der Waals surface area contributed by atoms with Crippen molar-refractivity contribution in [2.24, 2.45) is 0 Å². The predicted molar refractivity (Wildman–Crippen MR) is 81.7 cm³/mol. The summed E-state index contributed by atoms with van der Waals surface area (Å²) in [5, 5.41) is 3.42. The lowest BCUT2D eigenvalue weighted by atomic mass is 10.2. The molecule has 2 heterocycles. The first-order valence-corrected chi connectivity index (χ1v) is 6.87. The molecule has 3 aromatic rings. The summed E-state index contributed by atoms with van der Waals surface area (Å²) in [4.78, 5) is 8.79. The molecule has 0 saturated heterocycles. The van der Waals surface area contributed by atoms with Crippen LogP contribution in [0, 0.1) is 6.92 Å². The van der Waals surface area contributed by atoms with Crippen LogP contribution in [0.3, 0.4) is 0 Å². The molecular formula is C16H18N4. The zero-order valence-corrected chi connectivity index (χ0v) is 11.8. The van der Waals surface area contributed by atoms with Crippen molar-refractivity contribution in [1.82, 2.24) is 14.5 Å². The van der Waals surface area contributed by atoms with E-state index >= 15 is 0 Å². The Kier molecular flexibility index (Phi) is 3.37. The van der Waals surface area contributed by atoms with Gasteiger partial charge < -0.3 is 9.88 Å². The van der Waals surface area contributed by atoms with Gasteiger partial charge in [-0.2, -0.15) is 0 Å². The van der Waals surface area contributed by atoms with Crippen LogP contribution in [0.2, 0.25) is 0 Å². The van der Waals surface area contributed by atoms with E-state index in [1.54, 1.807) is 0 Å². The van der Waals surface area contributed by atoms with Crippen LogP contribution >= 0.6 is 0 Å². The van der Waals surface area contributed by atoms with Crippen LogP contribution in [0.25, 0.3) is 11.0 Å². The number of nitrogens with zero attached hydrogens (tertiary/aromatic N) is 3. The van der Waals surface area contributed by atoms with Crippen LogP contribution in [-0.4, -0.2) is 14.5 Å². The van der Waals surface area contributed by atoms with Gasteiger partial charge in [0.25, 0.3) is 0 Å². The average Bonchev–Trinajstić information content (AvgIpc) is 2.84. The normalized spacial score (nSPS) is 10.9. The molecule has 4 heteroatoms. The van der Waals surface area contributed by atoms with Crippen LogP contribution in [-0.2, 0) is 13.1 Å². The number of aromatic nitrogens is 3. The summed E-state index contributed by atoms with van der Waals surface area (Å²) in [6, 6.07) is 10.4. The molecule has 0 aliphatic rings. The van der Waals surface area contributed by atoms with Crippen molar-refractivity contribution >= 4 is 16.7 Å². The van der Waals surface area contributed by atoms with Gasteiger partial charge in [0.2, 0.25) is 0 Å². The Labute approximate surface area is 118 Å². The highest BCUT2D eigenvalue weighted by atomic mass is 15.1. The van der Waals surface area contributed by atoms with Crippen LogP contribution in [0.15, 0.2) is 42.7 Å². The fourth-order valence-electron chi connectivity index (χ4n) is 2.37. The standard InChI is InChI=1S/C16H18N4/c1-3-20-15-8-9-17-10-14(15)19-16(20)11-18-13-6-4-12(2)5-7-13/h4-10,18H,3,11H2,1-2H3. The Morgan fingerprint density at radius 3 is 2.70 bits per heavy atom. The lowest BCUT2D eigenvalue weighted by Crippen LogP contribution is -2.07. The van der Waals surface area contributed by atoms with Crippen molar-refractivity contribution < 1.29 is 0 Å². The topological polar surface area (TPSA) is 42.7 Å². The number of benzene rings is 1. The molecule has 0 aliphatic heterocycles. The molecule has 102 valence electrons. The molecule has 3 rings (SSSR count). The van der Waals surface area contributed by atoms with Gasteiger partial charge in [-0.1, -0.05) is 17.7 Å². The van der Waals surface area contributed by atoms with Crippen molar-refractivity contribution in [2.45, 2.75) is 26.9 Å². The van der Waals surface area contributed by atoms with Gasteiger partial charge >= 0.3 is 0 Å². The van der Waals surface area contributed by atoms with Crippen LogP contribution < -0.4 is 5.32 Å². The highest BCUT2D eigenvalue weighted by molar-refractivity contribution is 5.74. The maximum Gasteiger partial charge on any atom is 0.129 e. The fourth-order valence-corrected chi connectivity index (χ4v) is 2.37. The number of aryl methyl sites for hydroxylation is 2. The Morgan fingerprint density at radius 1 is 1.15 bits per heavy atom. The first-order chi connectivity index (χ1) is 9.78. The third-order valence-corrected chi connectivity index (χ3v) is 3.45. The minimum atomic E-state index is 0.714. The van der Waals surface area contributed by atoms with E-state index in [9.17, 15) is 0 Å². The van der Waals surface area contributed by atoms with E-state index in [0.717, 1.165) is 29.1 Å². The molecule has 0 fully saturated rings. The Hall–Kier alpha value is -2.36. The summed E-state index contributed by atoms with van der Waals surface area (Å²) in [6.45, 7) is 5.85. The summed E-state index contributed by atoms with van der Waals surface area (Å²) < 4.78 is 2.22. The Morgan fingerprint density at radius 2 is 1.95 bits per heavy atom. The van der Waals surface area contributed by atoms with E-state index in [1.165, 1.54) is 5.56 Å². The Bertz CT molecular complexity index is 713. The first-order valence-electron chi connectivity index (χ1n) is 6.87. The number of rotatable bonds is 4. The minimum Gasteiger partial charge on any atom is -0.378 e. The zero-order chi connectivity index (χ0) is 13.9. The number of pyridine rings is 1. The molecule has 0 bridgehead atoms. The second kappa shape index (κ2) is 5.33. The van der Waals surface area contributed by atoms with Crippen molar-refractivity contribution in [3.63, 3.8) is 0 Å². The zero-order valence-electron chi connectivity index (χ0n) is 11.8. The summed E-state index contributed by atoms with van der Waals surface area (Å²) in [7, 11) is 0. The SMILES string of the molecule is CCn1c(CNc2ccc(C)cc2)nc2cnccc21. The van der Waals surface area contributed by atoms with Crippen molar-refractivity contribution in [3.8, 4) is 0 Å². The average molecular weight is 266 g/mol. The summed E-state index contributed by atoms with van der Waals surface area (Å²) in [5.41, 5.74) is 4.48. The maximum absolute atomic E-state index is 4.65. The number of anilines is 1. The third kappa shape index (κ3) is 2.37. The second-order valence-corrected chi connectivity index (χ2v) is 4.86. The molecule has 1 N–H and O–H groups in total. The Balaban J connectivity index is 1.85. The predicted octanol–water partition coefficient (Wildman–Crippen LogP) is 3.37. The molecule has 4 nitrogen and oxygen atoms in total. The fraction of sp³-hybridized carbons (Fsp3) is 0.250. The minimum absolute atomic E-state index is 0.714. The first kappa shape index (κ1) is 12.7. The number of imidazole rings is 1. The summed E-state index contributed by atoms with van der Waals surface area (Å²) in [5.74, 6) is 1.04. The maximum atomic E-state index is 4.65. The van der Waals surface area contributed by atoms with Crippen LogP contribution in [0.4, 0.5) is 5.69 Å². The van der Waals surface area contributed by atoms with E-state index in [1.807, 2.05) is 18.5 Å². The van der Waals surface area contributed by atoms with Gasteiger partial charge in [0.15, 0.2) is 0 Å². The smallest absolute Gasteiger partial charge is 0.129 e. The highest BCUT2D eigenvalue weighted by Gasteiger charge is 2.08. The van der Waals surface area contributed by atoms with Crippen molar-refractivity contribution in [2.75, 3.05) is 5.32 Å². The van der Waals surface area contributed by atoms with Gasteiger partial charge in [-0.05, 0) is 32.0 Å². The van der Waals surface area contributed by atoms with Gasteiger partial charge in [-0.25, -0.2) is 4.98 Å². The van der Waals surface area contributed by atoms with Crippen molar-refractivity contribution in [1.29, 1.82) is 0 Å². The quantitative estimate of drug-likeness (QED) is 0.787. The van der Waals surface area contributed by atoms with Gasteiger partial charge in [-0.3, -0.25) is 4.98 Å². The van der Waals surface area contributed by atoms with Gasteiger partial charge in [0, 0.05) is 18.4 Å². The highest BCUT2D eigenvalue weighted by Crippen LogP contribution is 2.16. The molecule has 1 aromatic carbocycles.